The smallest absolute Gasteiger partial charge is 0.334 e. The fraction of sp³-hybridized carbons (Fsp3) is 0.864. The number of methoxy groups -OCH3 is 1. The number of esters is 1. The predicted molar refractivity (Wildman–Crippen MR) is 106 cm³/mol. The number of carbonyl (C=O) groups is 1. The molecular weight excluding hydrogens is 328 g/mol. The molecule has 0 aromatic heterocycles. The summed E-state index contributed by atoms with van der Waals surface area (Å²) in [5.74, 6) is 0.741. The summed E-state index contributed by atoms with van der Waals surface area (Å²) >= 11 is 0. The molecule has 1 rings (SSSR count). The number of hydrogen-bond donors (Lipinski definition) is 0. The Morgan fingerprint density at radius 3 is 2.38 bits per heavy atom. The van der Waals surface area contributed by atoms with Crippen molar-refractivity contribution in [2.45, 2.75) is 84.5 Å². The van der Waals surface area contributed by atoms with Gasteiger partial charge in [-0.1, -0.05) is 51.0 Å². The van der Waals surface area contributed by atoms with Crippen LogP contribution in [0.15, 0.2) is 11.1 Å². The minimum absolute atomic E-state index is 0.190. The van der Waals surface area contributed by atoms with E-state index in [4.69, 9.17) is 14.2 Å². The van der Waals surface area contributed by atoms with Gasteiger partial charge in [-0.05, 0) is 44.9 Å². The lowest BCUT2D eigenvalue weighted by Gasteiger charge is -2.21. The first-order valence-corrected chi connectivity index (χ1v) is 10.6. The van der Waals surface area contributed by atoms with E-state index in [1.807, 2.05) is 6.92 Å². The average molecular weight is 369 g/mol. The van der Waals surface area contributed by atoms with Crippen LogP contribution >= 0.6 is 0 Å². The summed E-state index contributed by atoms with van der Waals surface area (Å²) in [6, 6.07) is 0. The fourth-order valence-electron chi connectivity index (χ4n) is 3.72. The van der Waals surface area contributed by atoms with Crippen molar-refractivity contribution in [2.75, 3.05) is 33.5 Å². The van der Waals surface area contributed by atoms with Gasteiger partial charge in [0.1, 0.15) is 6.61 Å². The molecule has 0 aromatic rings. The van der Waals surface area contributed by atoms with Crippen LogP contribution in [0, 0.1) is 5.92 Å². The predicted octanol–water partition coefficient (Wildman–Crippen LogP) is 5.45. The normalized spacial score (nSPS) is 16.4. The van der Waals surface area contributed by atoms with Gasteiger partial charge in [0.05, 0.1) is 6.61 Å². The molecule has 0 aliphatic heterocycles. The number of ether oxygens (including phenoxy) is 3. The number of carbonyl (C=O) groups excluding carboxylic acids is 1. The van der Waals surface area contributed by atoms with Crippen molar-refractivity contribution < 1.29 is 19.0 Å². The molecule has 1 fully saturated rings. The standard InChI is InChI=1S/C22H40O4/c1-4-10-19(2)21(22(23)26-18-17-24-3)14-9-16-25-15-8-13-20-11-6-5-7-12-20/h20H,4-18H2,1-3H3/b21-19+. The van der Waals surface area contributed by atoms with E-state index in [9.17, 15) is 4.79 Å². The number of hydrogen-bond acceptors (Lipinski definition) is 4. The van der Waals surface area contributed by atoms with Gasteiger partial charge < -0.3 is 14.2 Å². The Morgan fingerprint density at radius 1 is 0.962 bits per heavy atom. The topological polar surface area (TPSA) is 44.8 Å². The van der Waals surface area contributed by atoms with Gasteiger partial charge in [0, 0.05) is 25.9 Å². The highest BCUT2D eigenvalue weighted by Crippen LogP contribution is 2.27. The van der Waals surface area contributed by atoms with Crippen LogP contribution < -0.4 is 0 Å². The molecule has 0 spiro atoms. The highest BCUT2D eigenvalue weighted by atomic mass is 16.6. The number of allylic oxidation sites excluding steroid dienone is 1. The van der Waals surface area contributed by atoms with Crippen molar-refractivity contribution in [2.24, 2.45) is 5.92 Å². The van der Waals surface area contributed by atoms with Crippen molar-refractivity contribution in [3.05, 3.63) is 11.1 Å². The summed E-state index contributed by atoms with van der Waals surface area (Å²) < 4.78 is 16.1. The van der Waals surface area contributed by atoms with Gasteiger partial charge in [-0.25, -0.2) is 4.79 Å². The summed E-state index contributed by atoms with van der Waals surface area (Å²) in [6.45, 7) is 6.50. The van der Waals surface area contributed by atoms with Crippen LogP contribution in [0.5, 0.6) is 0 Å². The van der Waals surface area contributed by atoms with E-state index in [0.29, 0.717) is 13.2 Å². The molecule has 0 aromatic carbocycles. The van der Waals surface area contributed by atoms with Crippen molar-refractivity contribution >= 4 is 5.97 Å². The highest BCUT2D eigenvalue weighted by molar-refractivity contribution is 5.89. The van der Waals surface area contributed by atoms with Crippen molar-refractivity contribution in [1.29, 1.82) is 0 Å². The highest BCUT2D eigenvalue weighted by Gasteiger charge is 2.15. The van der Waals surface area contributed by atoms with Gasteiger partial charge >= 0.3 is 5.97 Å². The van der Waals surface area contributed by atoms with Crippen LogP contribution in [-0.2, 0) is 19.0 Å². The Morgan fingerprint density at radius 2 is 1.69 bits per heavy atom. The average Bonchev–Trinajstić information content (AvgIpc) is 2.65. The quantitative estimate of drug-likeness (QED) is 0.232. The third-order valence-corrected chi connectivity index (χ3v) is 5.25. The third kappa shape index (κ3) is 10.3. The van der Waals surface area contributed by atoms with Crippen molar-refractivity contribution in [1.82, 2.24) is 0 Å². The van der Waals surface area contributed by atoms with E-state index in [-0.39, 0.29) is 5.97 Å². The van der Waals surface area contributed by atoms with Crippen LogP contribution in [0.1, 0.15) is 84.5 Å². The maximum Gasteiger partial charge on any atom is 0.334 e. The van der Waals surface area contributed by atoms with Crippen molar-refractivity contribution in [3.63, 3.8) is 0 Å². The molecule has 1 aliphatic carbocycles. The minimum Gasteiger partial charge on any atom is -0.460 e. The molecule has 152 valence electrons. The molecule has 0 N–H and O–H groups in total. The molecule has 0 bridgehead atoms. The molecule has 0 atom stereocenters. The van der Waals surface area contributed by atoms with Gasteiger partial charge in [-0.2, -0.15) is 0 Å². The summed E-state index contributed by atoms with van der Waals surface area (Å²) in [5, 5.41) is 0. The van der Waals surface area contributed by atoms with Crippen LogP contribution in [0.2, 0.25) is 0 Å². The lowest BCUT2D eigenvalue weighted by Crippen LogP contribution is -2.14. The molecule has 1 aliphatic rings. The van der Waals surface area contributed by atoms with Crippen LogP contribution in [0.3, 0.4) is 0 Å². The Hall–Kier alpha value is -0.870. The van der Waals surface area contributed by atoms with Crippen LogP contribution in [-0.4, -0.2) is 39.5 Å². The molecule has 0 saturated heterocycles. The molecule has 0 unspecified atom stereocenters. The second-order valence-electron chi connectivity index (χ2n) is 7.50. The van der Waals surface area contributed by atoms with Gasteiger partial charge in [0.2, 0.25) is 0 Å². The Labute approximate surface area is 160 Å². The van der Waals surface area contributed by atoms with Gasteiger partial charge in [0.25, 0.3) is 0 Å². The first kappa shape index (κ1) is 23.2. The molecule has 0 heterocycles. The molecular formula is C22H40O4. The Balaban J connectivity index is 2.21. The zero-order chi connectivity index (χ0) is 19.0. The first-order valence-electron chi connectivity index (χ1n) is 10.6. The summed E-state index contributed by atoms with van der Waals surface area (Å²) in [7, 11) is 1.61. The minimum atomic E-state index is -0.190. The molecule has 0 radical (unpaired) electrons. The maximum absolute atomic E-state index is 12.3. The van der Waals surface area contributed by atoms with E-state index < -0.39 is 0 Å². The summed E-state index contributed by atoms with van der Waals surface area (Å²) in [4.78, 5) is 12.3. The molecule has 0 amide bonds. The summed E-state index contributed by atoms with van der Waals surface area (Å²) in [5.41, 5.74) is 1.97. The van der Waals surface area contributed by atoms with Crippen molar-refractivity contribution in [3.8, 4) is 0 Å². The lowest BCUT2D eigenvalue weighted by molar-refractivity contribution is -0.140. The maximum atomic E-state index is 12.3. The number of rotatable bonds is 14. The molecule has 26 heavy (non-hydrogen) atoms. The van der Waals surface area contributed by atoms with Gasteiger partial charge in [-0.15, -0.1) is 0 Å². The molecule has 1 saturated carbocycles. The fourth-order valence-corrected chi connectivity index (χ4v) is 3.72. The molecule has 4 heteroatoms. The largest absolute Gasteiger partial charge is 0.460 e. The lowest BCUT2D eigenvalue weighted by atomic mass is 9.86. The molecule has 4 nitrogen and oxygen atoms in total. The first-order chi connectivity index (χ1) is 12.7. The van der Waals surface area contributed by atoms with Crippen LogP contribution in [0.25, 0.3) is 0 Å². The zero-order valence-electron chi connectivity index (χ0n) is 17.3. The van der Waals surface area contributed by atoms with E-state index in [0.717, 1.165) is 56.0 Å². The van der Waals surface area contributed by atoms with E-state index in [1.165, 1.54) is 44.9 Å². The van der Waals surface area contributed by atoms with E-state index in [1.54, 1.807) is 7.11 Å². The zero-order valence-corrected chi connectivity index (χ0v) is 17.3. The van der Waals surface area contributed by atoms with Gasteiger partial charge in [0.15, 0.2) is 0 Å². The van der Waals surface area contributed by atoms with E-state index in [2.05, 4.69) is 6.92 Å². The SMILES string of the molecule is CCC/C(C)=C(\CCCOCCCC1CCCCC1)C(=O)OCCOC. The van der Waals surface area contributed by atoms with Gasteiger partial charge in [-0.3, -0.25) is 0 Å². The second-order valence-corrected chi connectivity index (χ2v) is 7.50. The monoisotopic (exact) mass is 368 g/mol. The summed E-state index contributed by atoms with van der Waals surface area (Å²) in [6.07, 6.45) is 13.2. The third-order valence-electron chi connectivity index (χ3n) is 5.25. The van der Waals surface area contributed by atoms with Crippen LogP contribution in [0.4, 0.5) is 0 Å². The Bertz CT molecular complexity index is 397. The second kappa shape index (κ2) is 15.2. The van der Waals surface area contributed by atoms with E-state index >= 15 is 0 Å². The Kier molecular flexibility index (Phi) is 13.6.